The first-order chi connectivity index (χ1) is 15.1. The maximum Gasteiger partial charge on any atom is 0.196 e. The Morgan fingerprint density at radius 2 is 1.68 bits per heavy atom. The maximum absolute atomic E-state index is 4.81. The van der Waals surface area contributed by atoms with Gasteiger partial charge in [0.05, 0.1) is 11.4 Å². The lowest BCUT2D eigenvalue weighted by atomic mass is 10.1. The van der Waals surface area contributed by atoms with Gasteiger partial charge >= 0.3 is 0 Å². The zero-order valence-corrected chi connectivity index (χ0v) is 18.6. The van der Waals surface area contributed by atoms with Crippen molar-refractivity contribution < 1.29 is 0 Å². The van der Waals surface area contributed by atoms with Gasteiger partial charge in [0.15, 0.2) is 11.0 Å². The second-order valence-corrected chi connectivity index (χ2v) is 8.66. The highest BCUT2D eigenvalue weighted by molar-refractivity contribution is 7.98. The lowest BCUT2D eigenvalue weighted by Crippen LogP contribution is -2.01. The highest BCUT2D eigenvalue weighted by atomic mass is 32.2. The van der Waals surface area contributed by atoms with Gasteiger partial charge in [-0.2, -0.15) is 0 Å². The van der Waals surface area contributed by atoms with Crippen LogP contribution in [0.3, 0.4) is 0 Å². The Labute approximate surface area is 185 Å². The van der Waals surface area contributed by atoms with Gasteiger partial charge in [0.2, 0.25) is 0 Å². The van der Waals surface area contributed by atoms with E-state index in [-0.39, 0.29) is 0 Å². The molecule has 3 heterocycles. The smallest absolute Gasteiger partial charge is 0.196 e. The fraction of sp³-hybridized carbons (Fsp3) is 0.160. The first kappa shape index (κ1) is 19.6. The molecule has 0 amide bonds. The minimum absolute atomic E-state index is 0.721. The molecule has 0 N–H and O–H groups in total. The molecule has 5 nitrogen and oxygen atoms in total. The SMILES string of the molecule is Cc1ccc(-n2c(SCc3cn4cccc(C)c4n3)nnc2-c2ccccc2)cc1C. The summed E-state index contributed by atoms with van der Waals surface area (Å²) >= 11 is 1.66. The van der Waals surface area contributed by atoms with Crippen LogP contribution >= 0.6 is 11.8 Å². The van der Waals surface area contributed by atoms with Crippen LogP contribution in [0.1, 0.15) is 22.4 Å². The topological polar surface area (TPSA) is 48.0 Å². The number of rotatable bonds is 5. The minimum atomic E-state index is 0.721. The monoisotopic (exact) mass is 425 g/mol. The van der Waals surface area contributed by atoms with Crippen LogP contribution in [0.5, 0.6) is 0 Å². The van der Waals surface area contributed by atoms with Gasteiger partial charge in [0, 0.05) is 23.7 Å². The second kappa shape index (κ2) is 8.04. The second-order valence-electron chi connectivity index (χ2n) is 7.72. The van der Waals surface area contributed by atoms with Crippen LogP contribution in [0.4, 0.5) is 0 Å². The highest BCUT2D eigenvalue weighted by Crippen LogP contribution is 2.30. The molecule has 0 unspecified atom stereocenters. The lowest BCUT2D eigenvalue weighted by Gasteiger charge is -2.12. The van der Waals surface area contributed by atoms with Gasteiger partial charge in [-0.15, -0.1) is 10.2 Å². The first-order valence-electron chi connectivity index (χ1n) is 10.2. The third kappa shape index (κ3) is 3.75. The van der Waals surface area contributed by atoms with Gasteiger partial charge in [0.25, 0.3) is 0 Å². The van der Waals surface area contributed by atoms with Gasteiger partial charge in [0.1, 0.15) is 5.65 Å². The average molecular weight is 426 g/mol. The van der Waals surface area contributed by atoms with E-state index >= 15 is 0 Å². The fourth-order valence-corrected chi connectivity index (χ4v) is 4.48. The zero-order valence-electron chi connectivity index (χ0n) is 17.8. The number of benzene rings is 2. The van der Waals surface area contributed by atoms with E-state index in [0.717, 1.165) is 39.3 Å². The number of thioether (sulfide) groups is 1. The Bertz CT molecular complexity index is 1370. The van der Waals surface area contributed by atoms with E-state index in [9.17, 15) is 0 Å². The number of imidazole rings is 1. The molecule has 0 aliphatic carbocycles. The average Bonchev–Trinajstić information content (AvgIpc) is 3.40. The van der Waals surface area contributed by atoms with Crippen molar-refractivity contribution in [1.82, 2.24) is 24.1 Å². The van der Waals surface area contributed by atoms with Gasteiger partial charge in [-0.1, -0.05) is 54.2 Å². The number of nitrogens with zero attached hydrogens (tertiary/aromatic N) is 5. The van der Waals surface area contributed by atoms with Crippen molar-refractivity contribution in [3.8, 4) is 17.1 Å². The molecule has 2 aromatic carbocycles. The van der Waals surface area contributed by atoms with Gasteiger partial charge in [-0.05, 0) is 55.7 Å². The molecule has 6 heteroatoms. The molecule has 154 valence electrons. The fourth-order valence-electron chi connectivity index (χ4n) is 3.65. The first-order valence-corrected chi connectivity index (χ1v) is 11.2. The summed E-state index contributed by atoms with van der Waals surface area (Å²) in [6.07, 6.45) is 4.12. The van der Waals surface area contributed by atoms with Crippen molar-refractivity contribution in [2.45, 2.75) is 31.7 Å². The standard InChI is InChI=1S/C25H23N5S/c1-17-11-12-22(14-19(17)3)30-24(20-9-5-4-6-10-20)27-28-25(30)31-16-21-15-29-13-7-8-18(2)23(29)26-21/h4-15H,16H2,1-3H3. The maximum atomic E-state index is 4.81. The molecule has 31 heavy (non-hydrogen) atoms. The van der Waals surface area contributed by atoms with Crippen LogP contribution < -0.4 is 0 Å². The molecule has 0 atom stereocenters. The van der Waals surface area contributed by atoms with Crippen molar-refractivity contribution in [2.24, 2.45) is 0 Å². The Kier molecular flexibility index (Phi) is 5.08. The Hall–Kier alpha value is -3.38. The number of aromatic nitrogens is 5. The molecule has 0 aliphatic rings. The summed E-state index contributed by atoms with van der Waals surface area (Å²) in [4.78, 5) is 4.81. The third-order valence-corrected chi connectivity index (χ3v) is 6.45. The van der Waals surface area contributed by atoms with Gasteiger partial charge < -0.3 is 4.40 Å². The Balaban J connectivity index is 1.54. The summed E-state index contributed by atoms with van der Waals surface area (Å²) in [5, 5.41) is 9.96. The van der Waals surface area contributed by atoms with Crippen molar-refractivity contribution in [1.29, 1.82) is 0 Å². The quantitative estimate of drug-likeness (QED) is 0.334. The predicted molar refractivity (Wildman–Crippen MR) is 126 cm³/mol. The predicted octanol–water partition coefficient (Wildman–Crippen LogP) is 5.80. The molecular formula is C25H23N5S. The molecule has 3 aromatic heterocycles. The number of pyridine rings is 1. The van der Waals surface area contributed by atoms with Crippen LogP contribution in [-0.4, -0.2) is 24.1 Å². The van der Waals surface area contributed by atoms with Crippen molar-refractivity contribution >= 4 is 17.4 Å². The summed E-state index contributed by atoms with van der Waals surface area (Å²) < 4.78 is 4.22. The van der Waals surface area contributed by atoms with Crippen LogP contribution in [0.15, 0.2) is 78.2 Å². The van der Waals surface area contributed by atoms with Gasteiger partial charge in [-0.3, -0.25) is 4.57 Å². The summed E-state index contributed by atoms with van der Waals surface area (Å²) in [6, 6.07) is 20.8. The van der Waals surface area contributed by atoms with Crippen LogP contribution in [0.2, 0.25) is 0 Å². The molecule has 0 spiro atoms. The largest absolute Gasteiger partial charge is 0.307 e. The third-order valence-electron chi connectivity index (χ3n) is 5.49. The van der Waals surface area contributed by atoms with E-state index in [4.69, 9.17) is 4.98 Å². The molecule has 0 radical (unpaired) electrons. The van der Waals surface area contributed by atoms with E-state index in [1.165, 1.54) is 16.7 Å². The molecule has 0 bridgehead atoms. The number of aryl methyl sites for hydroxylation is 3. The molecule has 5 aromatic rings. The van der Waals surface area contributed by atoms with E-state index in [2.05, 4.69) is 82.5 Å². The van der Waals surface area contributed by atoms with Crippen LogP contribution in [0, 0.1) is 20.8 Å². The minimum Gasteiger partial charge on any atom is -0.307 e. The van der Waals surface area contributed by atoms with E-state index in [0.29, 0.717) is 0 Å². The highest BCUT2D eigenvalue weighted by Gasteiger charge is 2.17. The van der Waals surface area contributed by atoms with Crippen LogP contribution in [0.25, 0.3) is 22.7 Å². The van der Waals surface area contributed by atoms with Gasteiger partial charge in [-0.25, -0.2) is 4.98 Å². The normalized spacial score (nSPS) is 11.3. The summed E-state index contributed by atoms with van der Waals surface area (Å²) in [5.74, 6) is 1.57. The number of fused-ring (bicyclic) bond motifs is 1. The van der Waals surface area contributed by atoms with Crippen LogP contribution in [-0.2, 0) is 5.75 Å². The molecule has 0 saturated heterocycles. The Morgan fingerprint density at radius 3 is 2.45 bits per heavy atom. The van der Waals surface area contributed by atoms with Crippen molar-refractivity contribution in [2.75, 3.05) is 0 Å². The number of hydrogen-bond donors (Lipinski definition) is 0. The molecule has 0 aliphatic heterocycles. The molecule has 0 saturated carbocycles. The summed E-state index contributed by atoms with van der Waals surface area (Å²) in [6.45, 7) is 6.35. The number of hydrogen-bond acceptors (Lipinski definition) is 4. The molecule has 0 fully saturated rings. The summed E-state index contributed by atoms with van der Waals surface area (Å²) in [5.41, 5.74) is 7.82. The van der Waals surface area contributed by atoms with Crippen molar-refractivity contribution in [3.05, 3.63) is 95.4 Å². The zero-order chi connectivity index (χ0) is 21.4. The molecule has 5 rings (SSSR count). The van der Waals surface area contributed by atoms with E-state index in [1.54, 1.807) is 11.8 Å². The van der Waals surface area contributed by atoms with Crippen molar-refractivity contribution in [3.63, 3.8) is 0 Å². The van der Waals surface area contributed by atoms with E-state index < -0.39 is 0 Å². The lowest BCUT2D eigenvalue weighted by molar-refractivity contribution is 0.883. The van der Waals surface area contributed by atoms with E-state index in [1.807, 2.05) is 30.5 Å². The summed E-state index contributed by atoms with van der Waals surface area (Å²) in [7, 11) is 0. The Morgan fingerprint density at radius 1 is 0.839 bits per heavy atom. The molecular weight excluding hydrogens is 402 g/mol.